The molecular weight excluding hydrogens is 288 g/mol. The van der Waals surface area contributed by atoms with Crippen molar-refractivity contribution in [1.29, 1.82) is 0 Å². The molecule has 0 bridgehead atoms. The number of amides is 1. The largest absolute Gasteiger partial charge is 0.507 e. The van der Waals surface area contributed by atoms with E-state index in [0.29, 0.717) is 12.1 Å². The predicted octanol–water partition coefficient (Wildman–Crippen LogP) is 3.30. The molecule has 0 atom stereocenters. The molecule has 0 unspecified atom stereocenters. The summed E-state index contributed by atoms with van der Waals surface area (Å²) >= 11 is 0. The van der Waals surface area contributed by atoms with Crippen molar-refractivity contribution in [2.24, 2.45) is 4.99 Å². The van der Waals surface area contributed by atoms with Crippen LogP contribution in [0.1, 0.15) is 31.9 Å². The van der Waals surface area contributed by atoms with E-state index in [-0.39, 0.29) is 22.9 Å². The van der Waals surface area contributed by atoms with Crippen LogP contribution in [0.4, 0.5) is 0 Å². The minimum absolute atomic E-state index is 0.0448. The van der Waals surface area contributed by atoms with Crippen molar-refractivity contribution in [1.82, 2.24) is 5.32 Å². The van der Waals surface area contributed by atoms with E-state index in [1.807, 2.05) is 51.1 Å². The Morgan fingerprint density at radius 1 is 1.04 bits per heavy atom. The van der Waals surface area contributed by atoms with Gasteiger partial charge in [0.1, 0.15) is 11.5 Å². The molecule has 4 nitrogen and oxygen atoms in total. The van der Waals surface area contributed by atoms with Gasteiger partial charge in [-0.3, -0.25) is 9.79 Å². The van der Waals surface area contributed by atoms with Crippen molar-refractivity contribution in [2.75, 3.05) is 0 Å². The number of nitrogens with zero attached hydrogens (tertiary/aromatic N) is 1. The van der Waals surface area contributed by atoms with Crippen LogP contribution in [0, 0.1) is 0 Å². The maximum atomic E-state index is 12.6. The van der Waals surface area contributed by atoms with Crippen LogP contribution in [0.3, 0.4) is 0 Å². The second-order valence-corrected chi connectivity index (χ2v) is 6.37. The summed E-state index contributed by atoms with van der Waals surface area (Å²) in [5.41, 5.74) is 1.30. The summed E-state index contributed by atoms with van der Waals surface area (Å²) < 4.78 is 0. The quantitative estimate of drug-likeness (QED) is 0.851. The van der Waals surface area contributed by atoms with Gasteiger partial charge in [-0.25, -0.2) is 0 Å². The summed E-state index contributed by atoms with van der Waals surface area (Å²) in [6, 6.07) is 16.4. The maximum absolute atomic E-state index is 12.6. The number of rotatable bonds is 4. The van der Waals surface area contributed by atoms with Crippen molar-refractivity contribution < 1.29 is 9.90 Å². The minimum Gasteiger partial charge on any atom is -0.507 e. The molecule has 23 heavy (non-hydrogen) atoms. The van der Waals surface area contributed by atoms with Crippen LogP contribution in [0.25, 0.3) is 0 Å². The maximum Gasteiger partial charge on any atom is 0.270 e. The van der Waals surface area contributed by atoms with E-state index in [1.165, 1.54) is 0 Å². The molecule has 2 aromatic rings. The highest BCUT2D eigenvalue weighted by Crippen LogP contribution is 2.18. The SMILES string of the molecule is CC(C)(C)NC(=O)C(=NCc1ccccc1)c1ccccc1O. The number of hydrogen-bond donors (Lipinski definition) is 2. The second-order valence-electron chi connectivity index (χ2n) is 6.37. The molecule has 0 aliphatic rings. The summed E-state index contributed by atoms with van der Waals surface area (Å²) in [6.45, 7) is 6.10. The fourth-order valence-corrected chi connectivity index (χ4v) is 2.11. The molecule has 0 spiro atoms. The number of para-hydroxylation sites is 1. The van der Waals surface area contributed by atoms with Crippen molar-refractivity contribution in [3.8, 4) is 5.75 Å². The number of hydrogen-bond acceptors (Lipinski definition) is 3. The van der Waals surface area contributed by atoms with Gasteiger partial charge in [-0.05, 0) is 38.5 Å². The summed E-state index contributed by atoms with van der Waals surface area (Å²) in [5.74, 6) is -0.252. The summed E-state index contributed by atoms with van der Waals surface area (Å²) in [4.78, 5) is 17.0. The monoisotopic (exact) mass is 310 g/mol. The lowest BCUT2D eigenvalue weighted by atomic mass is 10.0. The first-order valence-electron chi connectivity index (χ1n) is 7.56. The van der Waals surface area contributed by atoms with Gasteiger partial charge < -0.3 is 10.4 Å². The number of aromatic hydroxyl groups is 1. The minimum atomic E-state index is -0.380. The number of carbonyl (C=O) groups excluding carboxylic acids is 1. The van der Waals surface area contributed by atoms with E-state index in [4.69, 9.17) is 0 Å². The average Bonchev–Trinajstić information content (AvgIpc) is 2.48. The van der Waals surface area contributed by atoms with Crippen LogP contribution in [0.5, 0.6) is 5.75 Å². The van der Waals surface area contributed by atoms with Crippen molar-refractivity contribution in [2.45, 2.75) is 32.9 Å². The van der Waals surface area contributed by atoms with Gasteiger partial charge in [0.15, 0.2) is 0 Å². The van der Waals surface area contributed by atoms with E-state index in [1.54, 1.807) is 24.3 Å². The lowest BCUT2D eigenvalue weighted by molar-refractivity contribution is -0.116. The van der Waals surface area contributed by atoms with Crippen LogP contribution < -0.4 is 5.32 Å². The number of carbonyl (C=O) groups is 1. The Hall–Kier alpha value is -2.62. The van der Waals surface area contributed by atoms with E-state index in [0.717, 1.165) is 5.56 Å². The Balaban J connectivity index is 2.35. The van der Waals surface area contributed by atoms with Crippen LogP contribution in [0.2, 0.25) is 0 Å². The highest BCUT2D eigenvalue weighted by Gasteiger charge is 2.21. The van der Waals surface area contributed by atoms with Gasteiger partial charge in [0.05, 0.1) is 6.54 Å². The van der Waals surface area contributed by atoms with Crippen LogP contribution >= 0.6 is 0 Å². The van der Waals surface area contributed by atoms with E-state index >= 15 is 0 Å². The second kappa shape index (κ2) is 7.09. The van der Waals surface area contributed by atoms with Crippen LogP contribution in [-0.4, -0.2) is 22.3 Å². The van der Waals surface area contributed by atoms with Gasteiger partial charge >= 0.3 is 0 Å². The van der Waals surface area contributed by atoms with Gasteiger partial charge in [-0.15, -0.1) is 0 Å². The Morgan fingerprint density at radius 2 is 1.65 bits per heavy atom. The molecule has 0 heterocycles. The van der Waals surface area contributed by atoms with Gasteiger partial charge in [0.25, 0.3) is 5.91 Å². The molecule has 2 rings (SSSR count). The Labute approximate surface area is 136 Å². The molecule has 4 heteroatoms. The zero-order valence-corrected chi connectivity index (χ0v) is 13.7. The van der Waals surface area contributed by atoms with Crippen molar-refractivity contribution in [3.05, 3.63) is 65.7 Å². The Bertz CT molecular complexity index is 701. The lowest BCUT2D eigenvalue weighted by Crippen LogP contribution is -2.44. The first-order chi connectivity index (χ1) is 10.9. The molecule has 2 aromatic carbocycles. The molecule has 0 aliphatic carbocycles. The van der Waals surface area contributed by atoms with Crippen molar-refractivity contribution in [3.63, 3.8) is 0 Å². The topological polar surface area (TPSA) is 61.7 Å². The van der Waals surface area contributed by atoms with Gasteiger partial charge in [-0.2, -0.15) is 0 Å². The molecule has 120 valence electrons. The smallest absolute Gasteiger partial charge is 0.270 e. The first kappa shape index (κ1) is 16.7. The number of phenolic OH excluding ortho intramolecular Hbond substituents is 1. The fraction of sp³-hybridized carbons (Fsp3) is 0.263. The molecule has 1 amide bonds. The molecule has 0 aromatic heterocycles. The normalized spacial score (nSPS) is 12.0. The molecule has 0 aliphatic heterocycles. The molecule has 2 N–H and O–H groups in total. The van der Waals surface area contributed by atoms with E-state index in [2.05, 4.69) is 10.3 Å². The fourth-order valence-electron chi connectivity index (χ4n) is 2.11. The molecular formula is C19H22N2O2. The molecule has 0 radical (unpaired) electrons. The first-order valence-corrected chi connectivity index (χ1v) is 7.56. The van der Waals surface area contributed by atoms with E-state index in [9.17, 15) is 9.90 Å². The third-order valence-electron chi connectivity index (χ3n) is 3.13. The summed E-state index contributed by atoms with van der Waals surface area (Å²) in [7, 11) is 0. The predicted molar refractivity (Wildman–Crippen MR) is 92.7 cm³/mol. The van der Waals surface area contributed by atoms with Crippen LogP contribution in [0.15, 0.2) is 59.6 Å². The average molecular weight is 310 g/mol. The van der Waals surface area contributed by atoms with Gasteiger partial charge in [-0.1, -0.05) is 42.5 Å². The number of benzene rings is 2. The zero-order valence-electron chi connectivity index (χ0n) is 13.7. The van der Waals surface area contributed by atoms with Crippen LogP contribution in [-0.2, 0) is 11.3 Å². The lowest BCUT2D eigenvalue weighted by Gasteiger charge is -2.21. The van der Waals surface area contributed by atoms with Gasteiger partial charge in [0.2, 0.25) is 0 Å². The standard InChI is InChI=1S/C19H22N2O2/c1-19(2,3)21-18(23)17(15-11-7-8-12-16(15)22)20-13-14-9-5-4-6-10-14/h4-12,22H,13H2,1-3H3,(H,21,23). The highest BCUT2D eigenvalue weighted by molar-refractivity contribution is 6.46. The van der Waals surface area contributed by atoms with Crippen molar-refractivity contribution >= 4 is 11.6 Å². The van der Waals surface area contributed by atoms with Gasteiger partial charge in [0, 0.05) is 11.1 Å². The number of phenols is 1. The number of nitrogens with one attached hydrogen (secondary N) is 1. The van der Waals surface area contributed by atoms with E-state index < -0.39 is 0 Å². The Kier molecular flexibility index (Phi) is 5.16. The third kappa shape index (κ3) is 4.95. The Morgan fingerprint density at radius 3 is 2.26 bits per heavy atom. The summed E-state index contributed by atoms with van der Waals surface area (Å²) in [6.07, 6.45) is 0. The molecule has 0 saturated carbocycles. The third-order valence-corrected chi connectivity index (χ3v) is 3.13. The molecule has 0 fully saturated rings. The number of aliphatic imine (C=N–C) groups is 1. The zero-order chi connectivity index (χ0) is 16.9. The molecule has 0 saturated heterocycles. The highest BCUT2D eigenvalue weighted by atomic mass is 16.3. The summed E-state index contributed by atoms with van der Waals surface area (Å²) in [5, 5.41) is 13.0.